The summed E-state index contributed by atoms with van der Waals surface area (Å²) in [7, 11) is 4.02. The molecule has 1 atom stereocenters. The second kappa shape index (κ2) is 5.01. The molecule has 1 aromatic carbocycles. The van der Waals surface area contributed by atoms with Crippen LogP contribution in [-0.4, -0.2) is 19.2 Å². The van der Waals surface area contributed by atoms with Crippen LogP contribution in [0.25, 0.3) is 0 Å². The van der Waals surface area contributed by atoms with Crippen molar-refractivity contribution in [2.24, 2.45) is 0 Å². The van der Waals surface area contributed by atoms with E-state index in [0.29, 0.717) is 0 Å². The van der Waals surface area contributed by atoms with E-state index in [1.54, 1.807) is 0 Å². The first-order valence-electron chi connectivity index (χ1n) is 5.10. The molecular weight excluding hydrogens is 174 g/mol. The molecule has 0 spiro atoms. The predicted octanol–water partition coefficient (Wildman–Crippen LogP) is 2.59. The SMILES string of the molecule is CCC[C@H](O)c1ccc(N(C)C)cc1. The molecule has 0 unspecified atom stereocenters. The van der Waals surface area contributed by atoms with Gasteiger partial charge in [-0.3, -0.25) is 0 Å². The minimum atomic E-state index is -0.309. The van der Waals surface area contributed by atoms with Crippen molar-refractivity contribution in [2.75, 3.05) is 19.0 Å². The first-order chi connectivity index (χ1) is 6.65. The minimum absolute atomic E-state index is 0.309. The van der Waals surface area contributed by atoms with Gasteiger partial charge >= 0.3 is 0 Å². The molecule has 1 N–H and O–H groups in total. The van der Waals surface area contributed by atoms with Crippen molar-refractivity contribution in [3.05, 3.63) is 29.8 Å². The Balaban J connectivity index is 2.72. The highest BCUT2D eigenvalue weighted by molar-refractivity contribution is 5.46. The molecule has 0 heterocycles. The third kappa shape index (κ3) is 2.74. The Morgan fingerprint density at radius 2 is 1.79 bits per heavy atom. The molecule has 0 aliphatic heterocycles. The van der Waals surface area contributed by atoms with Gasteiger partial charge in [0.25, 0.3) is 0 Å². The van der Waals surface area contributed by atoms with Gasteiger partial charge in [0.05, 0.1) is 6.10 Å². The Morgan fingerprint density at radius 1 is 1.21 bits per heavy atom. The summed E-state index contributed by atoms with van der Waals surface area (Å²) in [6, 6.07) is 8.06. The highest BCUT2D eigenvalue weighted by Crippen LogP contribution is 2.20. The fourth-order valence-corrected chi connectivity index (χ4v) is 1.43. The van der Waals surface area contributed by atoms with Gasteiger partial charge in [-0.1, -0.05) is 25.5 Å². The minimum Gasteiger partial charge on any atom is -0.388 e. The highest BCUT2D eigenvalue weighted by atomic mass is 16.3. The lowest BCUT2D eigenvalue weighted by molar-refractivity contribution is 0.166. The van der Waals surface area contributed by atoms with E-state index in [1.165, 1.54) is 0 Å². The number of rotatable bonds is 4. The molecule has 14 heavy (non-hydrogen) atoms. The molecule has 1 rings (SSSR count). The zero-order valence-corrected chi connectivity index (χ0v) is 9.20. The number of benzene rings is 1. The molecule has 2 heteroatoms. The van der Waals surface area contributed by atoms with Crippen LogP contribution in [0.3, 0.4) is 0 Å². The summed E-state index contributed by atoms with van der Waals surface area (Å²) in [5, 5.41) is 9.74. The molecule has 0 saturated carbocycles. The molecule has 78 valence electrons. The van der Waals surface area contributed by atoms with Crippen molar-refractivity contribution < 1.29 is 5.11 Å². The molecule has 2 nitrogen and oxygen atoms in total. The number of nitrogens with zero attached hydrogens (tertiary/aromatic N) is 1. The van der Waals surface area contributed by atoms with E-state index < -0.39 is 0 Å². The third-order valence-corrected chi connectivity index (χ3v) is 2.36. The molecule has 0 aromatic heterocycles. The maximum absolute atomic E-state index is 9.74. The van der Waals surface area contributed by atoms with Crippen molar-refractivity contribution in [1.82, 2.24) is 0 Å². The van der Waals surface area contributed by atoms with Crippen LogP contribution < -0.4 is 4.90 Å². The van der Waals surface area contributed by atoms with Crippen LogP contribution in [0.1, 0.15) is 31.4 Å². The van der Waals surface area contributed by atoms with Crippen LogP contribution >= 0.6 is 0 Å². The zero-order chi connectivity index (χ0) is 10.6. The molecule has 0 bridgehead atoms. The summed E-state index contributed by atoms with van der Waals surface area (Å²) in [5.41, 5.74) is 2.18. The Hall–Kier alpha value is -1.02. The van der Waals surface area contributed by atoms with E-state index in [9.17, 15) is 5.11 Å². The molecular formula is C12H19NO. The van der Waals surface area contributed by atoms with E-state index in [4.69, 9.17) is 0 Å². The van der Waals surface area contributed by atoms with Gasteiger partial charge in [-0.25, -0.2) is 0 Å². The second-order valence-corrected chi connectivity index (χ2v) is 3.79. The average Bonchev–Trinajstić information content (AvgIpc) is 2.18. The van der Waals surface area contributed by atoms with E-state index in [-0.39, 0.29) is 6.10 Å². The van der Waals surface area contributed by atoms with Gasteiger partial charge in [-0.05, 0) is 24.1 Å². The zero-order valence-electron chi connectivity index (χ0n) is 9.20. The van der Waals surface area contributed by atoms with Crippen LogP contribution in [0.15, 0.2) is 24.3 Å². The Morgan fingerprint density at radius 3 is 2.21 bits per heavy atom. The van der Waals surface area contributed by atoms with Gasteiger partial charge < -0.3 is 10.0 Å². The molecule has 0 fully saturated rings. The summed E-state index contributed by atoms with van der Waals surface area (Å²) in [4.78, 5) is 2.05. The van der Waals surface area contributed by atoms with Gasteiger partial charge in [0.2, 0.25) is 0 Å². The number of hydrogen-bond acceptors (Lipinski definition) is 2. The maximum atomic E-state index is 9.74. The number of aliphatic hydroxyl groups is 1. The Kier molecular flexibility index (Phi) is 3.96. The highest BCUT2D eigenvalue weighted by Gasteiger charge is 2.05. The summed E-state index contributed by atoms with van der Waals surface area (Å²) < 4.78 is 0. The lowest BCUT2D eigenvalue weighted by Gasteiger charge is -2.14. The van der Waals surface area contributed by atoms with Crippen LogP contribution in [0.4, 0.5) is 5.69 Å². The Bertz CT molecular complexity index is 266. The summed E-state index contributed by atoms with van der Waals surface area (Å²) in [5.74, 6) is 0. The first-order valence-corrected chi connectivity index (χ1v) is 5.10. The van der Waals surface area contributed by atoms with E-state index in [1.807, 2.05) is 38.4 Å². The quantitative estimate of drug-likeness (QED) is 0.794. The van der Waals surface area contributed by atoms with Crippen LogP contribution in [0, 0.1) is 0 Å². The van der Waals surface area contributed by atoms with Gasteiger partial charge in [-0.15, -0.1) is 0 Å². The van der Waals surface area contributed by atoms with Crippen LogP contribution in [0.5, 0.6) is 0 Å². The van der Waals surface area contributed by atoms with Crippen LogP contribution in [-0.2, 0) is 0 Å². The standard InChI is InChI=1S/C12H19NO/c1-4-5-12(14)10-6-8-11(9-7-10)13(2)3/h6-9,12,14H,4-5H2,1-3H3/t12-/m0/s1. The fraction of sp³-hybridized carbons (Fsp3) is 0.500. The maximum Gasteiger partial charge on any atom is 0.0790 e. The van der Waals surface area contributed by atoms with Crippen molar-refractivity contribution in [3.8, 4) is 0 Å². The lowest BCUT2D eigenvalue weighted by Crippen LogP contribution is -2.08. The lowest BCUT2D eigenvalue weighted by atomic mass is 10.1. The van der Waals surface area contributed by atoms with Crippen molar-refractivity contribution in [1.29, 1.82) is 0 Å². The summed E-state index contributed by atoms with van der Waals surface area (Å²) in [6.07, 6.45) is 1.54. The van der Waals surface area contributed by atoms with E-state index in [2.05, 4.69) is 11.8 Å². The average molecular weight is 193 g/mol. The second-order valence-electron chi connectivity index (χ2n) is 3.79. The van der Waals surface area contributed by atoms with Gasteiger partial charge in [0, 0.05) is 19.8 Å². The number of anilines is 1. The van der Waals surface area contributed by atoms with Gasteiger partial charge in [0.15, 0.2) is 0 Å². The fourth-order valence-electron chi connectivity index (χ4n) is 1.43. The summed E-state index contributed by atoms with van der Waals surface area (Å²) >= 11 is 0. The van der Waals surface area contributed by atoms with E-state index >= 15 is 0 Å². The van der Waals surface area contributed by atoms with Crippen LogP contribution in [0.2, 0.25) is 0 Å². The molecule has 0 radical (unpaired) electrons. The molecule has 0 aliphatic carbocycles. The molecule has 0 aliphatic rings. The molecule has 0 amide bonds. The van der Waals surface area contributed by atoms with E-state index in [0.717, 1.165) is 24.1 Å². The van der Waals surface area contributed by atoms with Crippen molar-refractivity contribution in [3.63, 3.8) is 0 Å². The number of aliphatic hydroxyl groups excluding tert-OH is 1. The number of hydrogen-bond donors (Lipinski definition) is 1. The normalized spacial score (nSPS) is 12.6. The monoisotopic (exact) mass is 193 g/mol. The Labute approximate surface area is 86.2 Å². The topological polar surface area (TPSA) is 23.5 Å². The third-order valence-electron chi connectivity index (χ3n) is 2.36. The van der Waals surface area contributed by atoms with Crippen molar-refractivity contribution in [2.45, 2.75) is 25.9 Å². The van der Waals surface area contributed by atoms with Crippen molar-refractivity contribution >= 4 is 5.69 Å². The summed E-state index contributed by atoms with van der Waals surface area (Å²) in [6.45, 7) is 2.08. The van der Waals surface area contributed by atoms with Gasteiger partial charge in [-0.2, -0.15) is 0 Å². The molecule has 1 aromatic rings. The largest absolute Gasteiger partial charge is 0.388 e. The molecule has 0 saturated heterocycles. The first kappa shape index (κ1) is 11.1. The predicted molar refractivity (Wildman–Crippen MR) is 60.6 cm³/mol. The van der Waals surface area contributed by atoms with Gasteiger partial charge in [0.1, 0.15) is 0 Å². The smallest absolute Gasteiger partial charge is 0.0790 e.